The lowest BCUT2D eigenvalue weighted by Crippen LogP contribution is -2.28. The van der Waals surface area contributed by atoms with Gasteiger partial charge in [0.15, 0.2) is 0 Å². The fourth-order valence-corrected chi connectivity index (χ4v) is 1.91. The monoisotopic (exact) mass is 278 g/mol. The molecule has 0 aliphatic rings. The summed E-state index contributed by atoms with van der Waals surface area (Å²) in [6, 6.07) is 0. The fraction of sp³-hybridized carbons (Fsp3) is 0.667. The Morgan fingerprint density at radius 3 is 2.45 bits per heavy atom. The summed E-state index contributed by atoms with van der Waals surface area (Å²) in [4.78, 5) is 22.3. The molecule has 0 saturated carbocycles. The van der Waals surface area contributed by atoms with Gasteiger partial charge in [0, 0.05) is 32.5 Å². The molecule has 1 atom stereocenters. The van der Waals surface area contributed by atoms with Crippen LogP contribution < -0.4 is 10.2 Å². The molecule has 20 heavy (non-hydrogen) atoms. The summed E-state index contributed by atoms with van der Waals surface area (Å²) in [5, 5.41) is 2.57. The average molecular weight is 278 g/mol. The number of carbonyl (C=O) groups excluding carboxylic acids is 1. The van der Waals surface area contributed by atoms with E-state index >= 15 is 0 Å². The van der Waals surface area contributed by atoms with E-state index in [1.807, 2.05) is 0 Å². The first kappa shape index (κ1) is 16.4. The molecule has 1 heterocycles. The fourth-order valence-electron chi connectivity index (χ4n) is 1.91. The minimum absolute atomic E-state index is 0.154. The predicted octanol–water partition coefficient (Wildman–Crippen LogP) is 2.49. The molecule has 0 bridgehead atoms. The van der Waals surface area contributed by atoms with E-state index in [0.29, 0.717) is 17.4 Å². The highest BCUT2D eigenvalue weighted by Crippen LogP contribution is 2.13. The second-order valence-corrected chi connectivity index (χ2v) is 5.14. The predicted molar refractivity (Wildman–Crippen MR) is 82.0 cm³/mol. The van der Waals surface area contributed by atoms with Crippen LogP contribution in [0.3, 0.4) is 0 Å². The van der Waals surface area contributed by atoms with E-state index in [-0.39, 0.29) is 5.91 Å². The second kappa shape index (κ2) is 8.51. The Balaban J connectivity index is 2.73. The first-order valence-electron chi connectivity index (χ1n) is 7.41. The van der Waals surface area contributed by atoms with Crippen LogP contribution in [0.4, 0.5) is 5.95 Å². The largest absolute Gasteiger partial charge is 0.355 e. The van der Waals surface area contributed by atoms with E-state index in [4.69, 9.17) is 0 Å². The molecular formula is C15H26N4O. The number of rotatable bonds is 8. The van der Waals surface area contributed by atoms with E-state index in [2.05, 4.69) is 41.0 Å². The van der Waals surface area contributed by atoms with Crippen LogP contribution in [0, 0.1) is 5.92 Å². The molecule has 1 rings (SSSR count). The van der Waals surface area contributed by atoms with Crippen molar-refractivity contribution < 1.29 is 4.79 Å². The summed E-state index contributed by atoms with van der Waals surface area (Å²) in [6.45, 7) is 8.52. The Morgan fingerprint density at radius 2 is 1.95 bits per heavy atom. The van der Waals surface area contributed by atoms with Crippen molar-refractivity contribution in [2.75, 3.05) is 25.0 Å². The minimum atomic E-state index is -0.154. The van der Waals surface area contributed by atoms with Crippen molar-refractivity contribution in [3.63, 3.8) is 0 Å². The molecule has 112 valence electrons. The number of hydrogen-bond acceptors (Lipinski definition) is 4. The molecule has 0 fully saturated rings. The molecule has 1 amide bonds. The zero-order chi connectivity index (χ0) is 15.0. The molecule has 1 aromatic rings. The van der Waals surface area contributed by atoms with Crippen LogP contribution in [0.25, 0.3) is 0 Å². The normalized spacial score (nSPS) is 12.0. The highest BCUT2D eigenvalue weighted by atomic mass is 16.1. The molecule has 1 N–H and O–H groups in total. The summed E-state index contributed by atoms with van der Waals surface area (Å²) < 4.78 is 0. The Hall–Kier alpha value is -1.65. The SMILES string of the molecule is CCCN(CCC(C)CC)c1ncc(C(=O)NC)cn1. The van der Waals surface area contributed by atoms with E-state index in [0.717, 1.165) is 25.9 Å². The topological polar surface area (TPSA) is 58.1 Å². The zero-order valence-electron chi connectivity index (χ0n) is 13.0. The van der Waals surface area contributed by atoms with Crippen LogP contribution in [-0.2, 0) is 0 Å². The lowest BCUT2D eigenvalue weighted by Gasteiger charge is -2.23. The average Bonchev–Trinajstić information content (AvgIpc) is 2.50. The van der Waals surface area contributed by atoms with Gasteiger partial charge in [0.05, 0.1) is 5.56 Å². The molecule has 0 saturated heterocycles. The first-order chi connectivity index (χ1) is 9.62. The van der Waals surface area contributed by atoms with Gasteiger partial charge < -0.3 is 10.2 Å². The molecule has 5 nitrogen and oxygen atoms in total. The van der Waals surface area contributed by atoms with Crippen molar-refractivity contribution in [3.05, 3.63) is 18.0 Å². The maximum Gasteiger partial charge on any atom is 0.254 e. The molecule has 1 aromatic heterocycles. The standard InChI is InChI=1S/C15H26N4O/c1-5-8-19(9-7-12(3)6-2)15-17-10-13(11-18-15)14(20)16-4/h10-12H,5-9H2,1-4H3,(H,16,20). The third-order valence-corrected chi connectivity index (χ3v) is 3.49. The highest BCUT2D eigenvalue weighted by Gasteiger charge is 2.11. The van der Waals surface area contributed by atoms with Crippen LogP contribution >= 0.6 is 0 Å². The number of nitrogens with zero attached hydrogens (tertiary/aromatic N) is 3. The van der Waals surface area contributed by atoms with E-state index in [1.165, 1.54) is 6.42 Å². The van der Waals surface area contributed by atoms with Crippen LogP contribution in [-0.4, -0.2) is 36.0 Å². The smallest absolute Gasteiger partial charge is 0.254 e. The van der Waals surface area contributed by atoms with Crippen molar-refractivity contribution in [1.29, 1.82) is 0 Å². The van der Waals surface area contributed by atoms with Gasteiger partial charge in [-0.15, -0.1) is 0 Å². The van der Waals surface area contributed by atoms with E-state index in [9.17, 15) is 4.79 Å². The Labute approximate surface area is 121 Å². The summed E-state index contributed by atoms with van der Waals surface area (Å²) in [5.41, 5.74) is 0.495. The Morgan fingerprint density at radius 1 is 1.30 bits per heavy atom. The second-order valence-electron chi connectivity index (χ2n) is 5.14. The molecule has 0 aliphatic heterocycles. The Kier molecular flexibility index (Phi) is 6.98. The van der Waals surface area contributed by atoms with Crippen LogP contribution in [0.1, 0.15) is 50.4 Å². The third-order valence-electron chi connectivity index (χ3n) is 3.49. The van der Waals surface area contributed by atoms with Gasteiger partial charge in [-0.3, -0.25) is 4.79 Å². The lowest BCUT2D eigenvalue weighted by atomic mass is 10.1. The van der Waals surface area contributed by atoms with Gasteiger partial charge >= 0.3 is 0 Å². The van der Waals surface area contributed by atoms with Gasteiger partial charge in [-0.05, 0) is 18.8 Å². The molecule has 0 spiro atoms. The molecule has 0 radical (unpaired) electrons. The van der Waals surface area contributed by atoms with E-state index in [1.54, 1.807) is 19.4 Å². The van der Waals surface area contributed by atoms with Gasteiger partial charge in [0.1, 0.15) is 0 Å². The van der Waals surface area contributed by atoms with Crippen LogP contribution in [0.5, 0.6) is 0 Å². The van der Waals surface area contributed by atoms with Crippen LogP contribution in [0.15, 0.2) is 12.4 Å². The molecule has 0 aromatic carbocycles. The summed E-state index contributed by atoms with van der Waals surface area (Å²) in [6.07, 6.45) is 6.56. The molecule has 0 aliphatic carbocycles. The van der Waals surface area contributed by atoms with Gasteiger partial charge in [-0.1, -0.05) is 27.2 Å². The van der Waals surface area contributed by atoms with Crippen molar-refractivity contribution in [3.8, 4) is 0 Å². The third kappa shape index (κ3) is 4.79. The maximum atomic E-state index is 11.5. The number of aromatic nitrogens is 2. The number of nitrogens with one attached hydrogen (secondary N) is 1. The van der Waals surface area contributed by atoms with Crippen molar-refractivity contribution in [2.24, 2.45) is 5.92 Å². The van der Waals surface area contributed by atoms with Crippen molar-refractivity contribution >= 4 is 11.9 Å². The van der Waals surface area contributed by atoms with Crippen molar-refractivity contribution in [2.45, 2.75) is 40.0 Å². The molecule has 5 heteroatoms. The summed E-state index contributed by atoms with van der Waals surface area (Å²) >= 11 is 0. The first-order valence-corrected chi connectivity index (χ1v) is 7.41. The number of hydrogen-bond donors (Lipinski definition) is 1. The summed E-state index contributed by atoms with van der Waals surface area (Å²) in [5.74, 6) is 1.26. The highest BCUT2D eigenvalue weighted by molar-refractivity contribution is 5.93. The minimum Gasteiger partial charge on any atom is -0.355 e. The van der Waals surface area contributed by atoms with Crippen molar-refractivity contribution in [1.82, 2.24) is 15.3 Å². The number of anilines is 1. The number of carbonyl (C=O) groups is 1. The van der Waals surface area contributed by atoms with Gasteiger partial charge in [0.25, 0.3) is 5.91 Å². The van der Waals surface area contributed by atoms with Gasteiger partial charge in [0.2, 0.25) is 5.95 Å². The Bertz CT molecular complexity index is 405. The van der Waals surface area contributed by atoms with Gasteiger partial charge in [-0.25, -0.2) is 9.97 Å². The lowest BCUT2D eigenvalue weighted by molar-refractivity contribution is 0.0962. The quantitative estimate of drug-likeness (QED) is 0.793. The molecule has 1 unspecified atom stereocenters. The van der Waals surface area contributed by atoms with Gasteiger partial charge in [-0.2, -0.15) is 0 Å². The summed E-state index contributed by atoms with van der Waals surface area (Å²) in [7, 11) is 1.60. The maximum absolute atomic E-state index is 11.5. The zero-order valence-corrected chi connectivity index (χ0v) is 13.0. The number of amides is 1. The van der Waals surface area contributed by atoms with E-state index < -0.39 is 0 Å². The molecular weight excluding hydrogens is 252 g/mol. The van der Waals surface area contributed by atoms with Crippen LogP contribution in [0.2, 0.25) is 0 Å².